The van der Waals surface area contributed by atoms with Gasteiger partial charge < -0.3 is 10.1 Å². The lowest BCUT2D eigenvalue weighted by molar-refractivity contribution is 0.160. The molecule has 1 amide bonds. The molecule has 5 nitrogen and oxygen atoms in total. The minimum Gasteiger partial charge on any atom is -0.448 e. The number of anilines is 1. The van der Waals surface area contributed by atoms with Crippen LogP contribution in [0, 0.1) is 0 Å². The third kappa shape index (κ3) is 3.07. The van der Waals surface area contributed by atoms with Crippen LogP contribution in [0.5, 0.6) is 0 Å². The lowest BCUT2D eigenvalue weighted by Gasteiger charge is -2.17. The van der Waals surface area contributed by atoms with Gasteiger partial charge in [0.2, 0.25) is 0 Å². The predicted octanol–water partition coefficient (Wildman–Crippen LogP) is 2.00. The number of amides is 1. The van der Waals surface area contributed by atoms with Crippen molar-refractivity contribution in [2.24, 2.45) is 5.10 Å². The molecule has 1 saturated heterocycles. The number of carbonyl (C=O) groups is 1. The van der Waals surface area contributed by atoms with Crippen molar-refractivity contribution in [3.8, 4) is 0 Å². The molecular formula is C13H17N3O2. The topological polar surface area (TPSA) is 53.9 Å². The summed E-state index contributed by atoms with van der Waals surface area (Å²) in [6, 6.07) is 9.31. The Kier molecular flexibility index (Phi) is 4.30. The summed E-state index contributed by atoms with van der Waals surface area (Å²) in [4.78, 5) is 11.9. The first kappa shape index (κ1) is 12.6. The number of rotatable bonds is 3. The molecule has 18 heavy (non-hydrogen) atoms. The first-order valence-electron chi connectivity index (χ1n) is 6.10. The van der Waals surface area contributed by atoms with Gasteiger partial charge in [0.05, 0.1) is 18.0 Å². The van der Waals surface area contributed by atoms with Crippen LogP contribution < -0.4 is 10.3 Å². The van der Waals surface area contributed by atoms with Crippen molar-refractivity contribution >= 4 is 17.5 Å². The SMILES string of the molecule is CCOC(=O)N(N=C1CCNC1)c1ccccc1. The van der Waals surface area contributed by atoms with Gasteiger partial charge in [-0.05, 0) is 19.1 Å². The van der Waals surface area contributed by atoms with Crippen LogP contribution in [-0.2, 0) is 4.74 Å². The number of hydrogen-bond acceptors (Lipinski definition) is 4. The van der Waals surface area contributed by atoms with Crippen molar-refractivity contribution in [2.75, 3.05) is 24.7 Å². The number of nitrogens with zero attached hydrogens (tertiary/aromatic N) is 2. The van der Waals surface area contributed by atoms with Crippen LogP contribution in [0.1, 0.15) is 13.3 Å². The highest BCUT2D eigenvalue weighted by atomic mass is 16.6. The molecule has 96 valence electrons. The van der Waals surface area contributed by atoms with E-state index in [9.17, 15) is 4.79 Å². The van der Waals surface area contributed by atoms with Gasteiger partial charge in [0.15, 0.2) is 0 Å². The number of para-hydroxylation sites is 1. The van der Waals surface area contributed by atoms with Crippen molar-refractivity contribution in [3.05, 3.63) is 30.3 Å². The van der Waals surface area contributed by atoms with Gasteiger partial charge in [0.25, 0.3) is 0 Å². The lowest BCUT2D eigenvalue weighted by atomic mass is 10.3. The van der Waals surface area contributed by atoms with Crippen molar-refractivity contribution < 1.29 is 9.53 Å². The Morgan fingerprint density at radius 3 is 2.83 bits per heavy atom. The zero-order valence-electron chi connectivity index (χ0n) is 10.4. The van der Waals surface area contributed by atoms with Crippen molar-refractivity contribution in [1.29, 1.82) is 0 Å². The van der Waals surface area contributed by atoms with Gasteiger partial charge in [-0.25, -0.2) is 4.79 Å². The van der Waals surface area contributed by atoms with Crippen LogP contribution in [0.25, 0.3) is 0 Å². The molecule has 1 aliphatic rings. The van der Waals surface area contributed by atoms with E-state index in [1.807, 2.05) is 30.3 Å². The fraction of sp³-hybridized carbons (Fsp3) is 0.385. The van der Waals surface area contributed by atoms with E-state index in [1.165, 1.54) is 5.01 Å². The molecule has 1 N–H and O–H groups in total. The molecule has 1 aromatic rings. The Hall–Kier alpha value is -1.88. The average Bonchev–Trinajstić information content (AvgIpc) is 2.90. The number of hydrogen-bond donors (Lipinski definition) is 1. The van der Waals surface area contributed by atoms with E-state index in [2.05, 4.69) is 10.4 Å². The minimum absolute atomic E-state index is 0.339. The number of benzene rings is 1. The Balaban J connectivity index is 2.22. The van der Waals surface area contributed by atoms with Crippen LogP contribution in [0.2, 0.25) is 0 Å². The van der Waals surface area contributed by atoms with Crippen LogP contribution in [0.3, 0.4) is 0 Å². The summed E-state index contributed by atoms with van der Waals surface area (Å²) in [7, 11) is 0. The van der Waals surface area contributed by atoms with E-state index in [1.54, 1.807) is 6.92 Å². The van der Waals surface area contributed by atoms with Gasteiger partial charge in [-0.1, -0.05) is 18.2 Å². The zero-order chi connectivity index (χ0) is 12.8. The summed E-state index contributed by atoms with van der Waals surface area (Å²) >= 11 is 0. The van der Waals surface area contributed by atoms with Gasteiger partial charge in [0, 0.05) is 19.5 Å². The standard InChI is InChI=1S/C13H17N3O2/c1-2-18-13(17)16(12-6-4-3-5-7-12)15-11-8-9-14-10-11/h3-7,14H,2,8-10H2,1H3. The molecule has 2 rings (SSSR count). The monoisotopic (exact) mass is 247 g/mol. The molecule has 0 spiro atoms. The molecule has 1 aromatic carbocycles. The number of nitrogens with one attached hydrogen (secondary N) is 1. The highest BCUT2D eigenvalue weighted by molar-refractivity contribution is 5.94. The van der Waals surface area contributed by atoms with Crippen LogP contribution in [0.15, 0.2) is 35.4 Å². The third-order valence-corrected chi connectivity index (χ3v) is 2.60. The molecule has 0 saturated carbocycles. The Bertz CT molecular complexity index is 423. The molecule has 0 radical (unpaired) electrons. The first-order valence-corrected chi connectivity index (χ1v) is 6.10. The van der Waals surface area contributed by atoms with Crippen LogP contribution >= 0.6 is 0 Å². The lowest BCUT2D eigenvalue weighted by Crippen LogP contribution is -2.28. The second-order valence-corrected chi connectivity index (χ2v) is 3.94. The summed E-state index contributed by atoms with van der Waals surface area (Å²) in [5, 5.41) is 8.89. The molecule has 1 aliphatic heterocycles. The molecule has 1 heterocycles. The van der Waals surface area contributed by atoms with Gasteiger partial charge in [-0.15, -0.1) is 0 Å². The number of ether oxygens (including phenoxy) is 1. The first-order chi connectivity index (χ1) is 8.81. The van der Waals surface area contributed by atoms with Crippen molar-refractivity contribution in [2.45, 2.75) is 13.3 Å². The summed E-state index contributed by atoms with van der Waals surface area (Å²) in [5.74, 6) is 0. The van der Waals surface area contributed by atoms with Gasteiger partial charge in [-0.3, -0.25) is 0 Å². The average molecular weight is 247 g/mol. The van der Waals surface area contributed by atoms with Crippen molar-refractivity contribution in [3.63, 3.8) is 0 Å². The zero-order valence-corrected chi connectivity index (χ0v) is 10.4. The molecular weight excluding hydrogens is 230 g/mol. The molecule has 5 heteroatoms. The van der Waals surface area contributed by atoms with Gasteiger partial charge in [0.1, 0.15) is 0 Å². The summed E-state index contributed by atoms with van der Waals surface area (Å²) in [6.07, 6.45) is 0.422. The van der Waals surface area contributed by atoms with Crippen LogP contribution in [0.4, 0.5) is 10.5 Å². The largest absolute Gasteiger partial charge is 0.448 e. The maximum atomic E-state index is 11.9. The third-order valence-electron chi connectivity index (χ3n) is 2.60. The van der Waals surface area contributed by atoms with Gasteiger partial charge >= 0.3 is 6.09 Å². The smallest absolute Gasteiger partial charge is 0.435 e. The highest BCUT2D eigenvalue weighted by Crippen LogP contribution is 2.16. The molecule has 1 fully saturated rings. The van der Waals surface area contributed by atoms with E-state index in [-0.39, 0.29) is 0 Å². The maximum Gasteiger partial charge on any atom is 0.435 e. The van der Waals surface area contributed by atoms with E-state index in [0.717, 1.165) is 30.9 Å². The summed E-state index contributed by atoms with van der Waals surface area (Å²) < 4.78 is 5.03. The molecule has 0 unspecified atom stereocenters. The number of hydrazone groups is 1. The molecule has 0 aromatic heterocycles. The van der Waals surface area contributed by atoms with E-state index in [4.69, 9.17) is 4.74 Å². The molecule has 0 bridgehead atoms. The van der Waals surface area contributed by atoms with Crippen molar-refractivity contribution in [1.82, 2.24) is 5.32 Å². The Morgan fingerprint density at radius 2 is 2.22 bits per heavy atom. The summed E-state index contributed by atoms with van der Waals surface area (Å²) in [5.41, 5.74) is 1.68. The second kappa shape index (κ2) is 6.16. The molecule has 0 aliphatic carbocycles. The normalized spacial score (nSPS) is 16.8. The fourth-order valence-corrected chi connectivity index (χ4v) is 1.74. The predicted molar refractivity (Wildman–Crippen MR) is 70.9 cm³/mol. The Labute approximate surface area is 106 Å². The van der Waals surface area contributed by atoms with Crippen LogP contribution in [-0.4, -0.2) is 31.5 Å². The van der Waals surface area contributed by atoms with E-state index >= 15 is 0 Å². The van der Waals surface area contributed by atoms with Gasteiger partial charge in [-0.2, -0.15) is 10.1 Å². The highest BCUT2D eigenvalue weighted by Gasteiger charge is 2.18. The number of carbonyl (C=O) groups excluding carboxylic acids is 1. The van der Waals surface area contributed by atoms with E-state index < -0.39 is 6.09 Å². The fourth-order valence-electron chi connectivity index (χ4n) is 1.74. The summed E-state index contributed by atoms with van der Waals surface area (Å²) in [6.45, 7) is 3.75. The Morgan fingerprint density at radius 1 is 1.44 bits per heavy atom. The van der Waals surface area contributed by atoms with E-state index in [0.29, 0.717) is 6.61 Å². The quantitative estimate of drug-likeness (QED) is 0.831. The maximum absolute atomic E-state index is 11.9. The molecule has 0 atom stereocenters. The minimum atomic E-state index is -0.442. The second-order valence-electron chi connectivity index (χ2n) is 3.94.